The molecule has 2 rings (SSSR count). The molecular weight excluding hydrogens is 289 g/mol. The predicted octanol–water partition coefficient (Wildman–Crippen LogP) is 4.26. The zero-order chi connectivity index (χ0) is 16.2. The Morgan fingerprint density at radius 1 is 1.05 bits per heavy atom. The molecule has 1 aromatic heterocycles. The van der Waals surface area contributed by atoms with Gasteiger partial charge in [0.05, 0.1) is 11.3 Å². The van der Waals surface area contributed by atoms with Gasteiger partial charge in [-0.1, -0.05) is 24.3 Å². The summed E-state index contributed by atoms with van der Waals surface area (Å²) in [5.41, 5.74) is 1.54. The van der Waals surface area contributed by atoms with Crippen molar-refractivity contribution in [3.05, 3.63) is 53.7 Å². The van der Waals surface area contributed by atoms with Gasteiger partial charge in [0.1, 0.15) is 0 Å². The molecule has 0 saturated carbocycles. The molecule has 22 heavy (non-hydrogen) atoms. The minimum Gasteiger partial charge on any atom is -0.309 e. The van der Waals surface area contributed by atoms with E-state index in [9.17, 15) is 13.2 Å². The van der Waals surface area contributed by atoms with Crippen LogP contribution < -0.4 is 0 Å². The zero-order valence-electron chi connectivity index (χ0n) is 12.7. The Hall–Kier alpha value is -1.88. The first kappa shape index (κ1) is 16.5. The molecule has 0 fully saturated rings. The van der Waals surface area contributed by atoms with Gasteiger partial charge in [-0.25, -0.2) is 0 Å². The van der Waals surface area contributed by atoms with Gasteiger partial charge < -0.3 is 4.90 Å². The molecule has 2 aromatic rings. The Morgan fingerprint density at radius 3 is 2.32 bits per heavy atom. The number of halogens is 3. The standard InChI is InChI=1S/C17H19F3N2/c1-22(2)11-3-4-13-5-7-14(8-6-13)16-12-15(9-10-21-16)17(18,19)20/h5-10,12H,3-4,11H2,1-2H3. The lowest BCUT2D eigenvalue weighted by Crippen LogP contribution is -2.13. The SMILES string of the molecule is CN(C)CCCc1ccc(-c2cc(C(F)(F)F)ccn2)cc1. The third kappa shape index (κ3) is 4.56. The van der Waals surface area contributed by atoms with Crippen molar-refractivity contribution >= 4 is 0 Å². The molecule has 0 aliphatic heterocycles. The Labute approximate surface area is 128 Å². The summed E-state index contributed by atoms with van der Waals surface area (Å²) in [6, 6.07) is 9.63. The highest BCUT2D eigenvalue weighted by Gasteiger charge is 2.30. The van der Waals surface area contributed by atoms with Gasteiger partial charge in [-0.3, -0.25) is 4.98 Å². The van der Waals surface area contributed by atoms with Crippen LogP contribution in [0.4, 0.5) is 13.2 Å². The van der Waals surface area contributed by atoms with Gasteiger partial charge in [-0.05, 0) is 51.2 Å². The van der Waals surface area contributed by atoms with Crippen LogP contribution in [0.25, 0.3) is 11.3 Å². The second-order valence-corrected chi connectivity index (χ2v) is 5.53. The second-order valence-electron chi connectivity index (χ2n) is 5.53. The normalized spacial score (nSPS) is 11.9. The molecule has 0 spiro atoms. The molecule has 0 atom stereocenters. The summed E-state index contributed by atoms with van der Waals surface area (Å²) in [5, 5.41) is 0. The fourth-order valence-corrected chi connectivity index (χ4v) is 2.21. The van der Waals surface area contributed by atoms with Crippen molar-refractivity contribution in [3.63, 3.8) is 0 Å². The lowest BCUT2D eigenvalue weighted by molar-refractivity contribution is -0.137. The van der Waals surface area contributed by atoms with Crippen LogP contribution in [0.2, 0.25) is 0 Å². The molecule has 0 radical (unpaired) electrons. The molecule has 118 valence electrons. The molecule has 0 bridgehead atoms. The highest BCUT2D eigenvalue weighted by atomic mass is 19.4. The first-order valence-corrected chi connectivity index (χ1v) is 7.13. The number of aryl methyl sites for hydroxylation is 1. The monoisotopic (exact) mass is 308 g/mol. The van der Waals surface area contributed by atoms with Crippen molar-refractivity contribution < 1.29 is 13.2 Å². The molecule has 5 heteroatoms. The summed E-state index contributed by atoms with van der Waals surface area (Å²) in [4.78, 5) is 6.16. The summed E-state index contributed by atoms with van der Waals surface area (Å²) in [5.74, 6) is 0. The predicted molar refractivity (Wildman–Crippen MR) is 81.6 cm³/mol. The number of aromatic nitrogens is 1. The maximum Gasteiger partial charge on any atom is 0.416 e. The van der Waals surface area contributed by atoms with Crippen LogP contribution in [0.1, 0.15) is 17.5 Å². The third-order valence-corrected chi connectivity index (χ3v) is 3.41. The summed E-state index contributed by atoms with van der Waals surface area (Å²) >= 11 is 0. The quantitative estimate of drug-likeness (QED) is 0.820. The van der Waals surface area contributed by atoms with Crippen LogP contribution in [-0.2, 0) is 12.6 Å². The maximum absolute atomic E-state index is 12.7. The van der Waals surface area contributed by atoms with E-state index in [1.807, 2.05) is 38.4 Å². The van der Waals surface area contributed by atoms with E-state index in [1.54, 1.807) is 0 Å². The van der Waals surface area contributed by atoms with E-state index in [0.29, 0.717) is 11.3 Å². The number of hydrogen-bond donors (Lipinski definition) is 0. The van der Waals surface area contributed by atoms with Crippen LogP contribution in [0.3, 0.4) is 0 Å². The number of rotatable bonds is 5. The van der Waals surface area contributed by atoms with E-state index in [-0.39, 0.29) is 0 Å². The van der Waals surface area contributed by atoms with Crippen LogP contribution in [0.5, 0.6) is 0 Å². The Kier molecular flexibility index (Phi) is 5.19. The Balaban J connectivity index is 2.10. The van der Waals surface area contributed by atoms with Crippen molar-refractivity contribution in [3.8, 4) is 11.3 Å². The molecule has 1 heterocycles. The van der Waals surface area contributed by atoms with Gasteiger partial charge in [-0.15, -0.1) is 0 Å². The van der Waals surface area contributed by atoms with E-state index in [1.165, 1.54) is 11.8 Å². The molecule has 1 aromatic carbocycles. The van der Waals surface area contributed by atoms with Crippen LogP contribution >= 0.6 is 0 Å². The van der Waals surface area contributed by atoms with E-state index >= 15 is 0 Å². The Morgan fingerprint density at radius 2 is 1.73 bits per heavy atom. The number of benzene rings is 1. The van der Waals surface area contributed by atoms with E-state index < -0.39 is 11.7 Å². The van der Waals surface area contributed by atoms with E-state index in [2.05, 4.69) is 9.88 Å². The van der Waals surface area contributed by atoms with Gasteiger partial charge >= 0.3 is 6.18 Å². The number of alkyl halides is 3. The van der Waals surface area contributed by atoms with Crippen LogP contribution in [-0.4, -0.2) is 30.5 Å². The zero-order valence-corrected chi connectivity index (χ0v) is 12.7. The molecule has 2 nitrogen and oxygen atoms in total. The average molecular weight is 308 g/mol. The van der Waals surface area contributed by atoms with Crippen molar-refractivity contribution in [2.24, 2.45) is 0 Å². The van der Waals surface area contributed by atoms with Crippen molar-refractivity contribution in [2.75, 3.05) is 20.6 Å². The molecule has 0 saturated heterocycles. The van der Waals surface area contributed by atoms with Gasteiger partial charge in [-0.2, -0.15) is 13.2 Å². The highest BCUT2D eigenvalue weighted by Crippen LogP contribution is 2.31. The van der Waals surface area contributed by atoms with Crippen molar-refractivity contribution in [1.29, 1.82) is 0 Å². The third-order valence-electron chi connectivity index (χ3n) is 3.41. The average Bonchev–Trinajstić information content (AvgIpc) is 2.47. The molecular formula is C17H19F3N2. The lowest BCUT2D eigenvalue weighted by Gasteiger charge is -2.10. The minimum absolute atomic E-state index is 0.342. The molecule has 0 amide bonds. The second kappa shape index (κ2) is 6.92. The van der Waals surface area contributed by atoms with Crippen LogP contribution in [0, 0.1) is 0 Å². The number of hydrogen-bond acceptors (Lipinski definition) is 2. The van der Waals surface area contributed by atoms with Gasteiger partial charge in [0.15, 0.2) is 0 Å². The van der Waals surface area contributed by atoms with Crippen LogP contribution in [0.15, 0.2) is 42.6 Å². The summed E-state index contributed by atoms with van der Waals surface area (Å²) in [6.07, 6.45) is -1.14. The summed E-state index contributed by atoms with van der Waals surface area (Å²) in [7, 11) is 4.06. The molecule has 0 unspecified atom stereocenters. The Bertz CT molecular complexity index is 604. The first-order chi connectivity index (χ1) is 10.4. The van der Waals surface area contributed by atoms with Gasteiger partial charge in [0, 0.05) is 11.8 Å². The summed E-state index contributed by atoms with van der Waals surface area (Å²) in [6.45, 7) is 1.01. The van der Waals surface area contributed by atoms with E-state index in [0.717, 1.165) is 31.5 Å². The topological polar surface area (TPSA) is 16.1 Å². The number of nitrogens with zero attached hydrogens (tertiary/aromatic N) is 2. The largest absolute Gasteiger partial charge is 0.416 e. The maximum atomic E-state index is 12.7. The van der Waals surface area contributed by atoms with Crippen molar-refractivity contribution in [2.45, 2.75) is 19.0 Å². The highest BCUT2D eigenvalue weighted by molar-refractivity contribution is 5.60. The van der Waals surface area contributed by atoms with Crippen molar-refractivity contribution in [1.82, 2.24) is 9.88 Å². The summed E-state index contributed by atoms with van der Waals surface area (Å²) < 4.78 is 38.2. The van der Waals surface area contributed by atoms with Gasteiger partial charge in [0.25, 0.3) is 0 Å². The van der Waals surface area contributed by atoms with Gasteiger partial charge in [0.2, 0.25) is 0 Å². The van der Waals surface area contributed by atoms with E-state index in [4.69, 9.17) is 0 Å². The molecule has 0 aliphatic carbocycles. The molecule has 0 N–H and O–H groups in total. The first-order valence-electron chi connectivity index (χ1n) is 7.13. The number of pyridine rings is 1. The minimum atomic E-state index is -4.34. The fraction of sp³-hybridized carbons (Fsp3) is 0.353. The fourth-order valence-electron chi connectivity index (χ4n) is 2.21. The molecule has 0 aliphatic rings. The smallest absolute Gasteiger partial charge is 0.309 e. The lowest BCUT2D eigenvalue weighted by atomic mass is 10.0.